The summed E-state index contributed by atoms with van der Waals surface area (Å²) in [6.07, 6.45) is 6.01. The Hall–Kier alpha value is -3.60. The molecule has 3 aromatic heterocycles. The minimum Gasteiger partial charge on any atom is -0.497 e. The van der Waals surface area contributed by atoms with Crippen LogP contribution in [-0.2, 0) is 6.42 Å². The molecule has 3 heterocycles. The van der Waals surface area contributed by atoms with Gasteiger partial charge in [0.05, 0.1) is 30.6 Å². The van der Waals surface area contributed by atoms with Crippen molar-refractivity contribution in [3.63, 3.8) is 0 Å². The second kappa shape index (κ2) is 6.23. The van der Waals surface area contributed by atoms with Gasteiger partial charge in [-0.25, -0.2) is 0 Å². The highest BCUT2D eigenvalue weighted by atomic mass is 16.5. The first kappa shape index (κ1) is 16.6. The molecule has 0 fully saturated rings. The van der Waals surface area contributed by atoms with Crippen LogP contribution in [0.2, 0.25) is 0 Å². The minimum absolute atomic E-state index is 0.0232. The highest BCUT2D eigenvalue weighted by Crippen LogP contribution is 2.36. The Balaban J connectivity index is 1.89. The maximum absolute atomic E-state index is 13.3. The van der Waals surface area contributed by atoms with Gasteiger partial charge in [0.25, 0.3) is 0 Å². The van der Waals surface area contributed by atoms with Gasteiger partial charge in [-0.1, -0.05) is 6.07 Å². The van der Waals surface area contributed by atoms with Gasteiger partial charge < -0.3 is 13.9 Å². The van der Waals surface area contributed by atoms with Crippen molar-refractivity contribution in [2.75, 3.05) is 14.2 Å². The van der Waals surface area contributed by atoms with Crippen molar-refractivity contribution in [1.82, 2.24) is 9.38 Å². The van der Waals surface area contributed by atoms with Gasteiger partial charge in [0.2, 0.25) is 0 Å². The van der Waals surface area contributed by atoms with E-state index in [0.29, 0.717) is 17.6 Å². The van der Waals surface area contributed by atoms with E-state index in [-0.39, 0.29) is 5.43 Å². The van der Waals surface area contributed by atoms with Gasteiger partial charge in [0.1, 0.15) is 11.5 Å². The molecule has 0 aliphatic carbocycles. The van der Waals surface area contributed by atoms with Crippen LogP contribution in [-0.4, -0.2) is 23.6 Å². The van der Waals surface area contributed by atoms with Gasteiger partial charge in [0.15, 0.2) is 5.43 Å². The second-order valence-electron chi connectivity index (χ2n) is 6.85. The number of ether oxygens (including phenoxy) is 2. The zero-order chi connectivity index (χ0) is 19.3. The van der Waals surface area contributed by atoms with Gasteiger partial charge in [0, 0.05) is 41.3 Å². The molecule has 0 spiro atoms. The van der Waals surface area contributed by atoms with Gasteiger partial charge in [-0.05, 0) is 42.0 Å². The van der Waals surface area contributed by atoms with E-state index < -0.39 is 0 Å². The third-order valence-electron chi connectivity index (χ3n) is 5.25. The van der Waals surface area contributed by atoms with Gasteiger partial charge in [-0.3, -0.25) is 9.78 Å². The van der Waals surface area contributed by atoms with Crippen LogP contribution in [0.5, 0.6) is 11.5 Å². The predicted octanol–water partition coefficient (Wildman–Crippen LogP) is 4.05. The summed E-state index contributed by atoms with van der Waals surface area (Å²) < 4.78 is 13.0. The Labute approximate surface area is 161 Å². The van der Waals surface area contributed by atoms with E-state index in [0.717, 1.165) is 38.7 Å². The first-order valence-corrected chi connectivity index (χ1v) is 9.03. The van der Waals surface area contributed by atoms with Crippen LogP contribution in [0, 0.1) is 0 Å². The van der Waals surface area contributed by atoms with Crippen LogP contribution in [0.15, 0.2) is 65.8 Å². The molecule has 0 aliphatic rings. The quantitative estimate of drug-likeness (QED) is 0.479. The lowest BCUT2D eigenvalue weighted by Gasteiger charge is -2.08. The smallest absolute Gasteiger partial charge is 0.193 e. The van der Waals surface area contributed by atoms with E-state index in [9.17, 15) is 4.79 Å². The average molecular weight is 370 g/mol. The molecule has 5 nitrogen and oxygen atoms in total. The number of fused-ring (bicyclic) bond motifs is 3. The van der Waals surface area contributed by atoms with Crippen LogP contribution < -0.4 is 14.9 Å². The van der Waals surface area contributed by atoms with E-state index in [1.54, 1.807) is 26.6 Å². The molecule has 28 heavy (non-hydrogen) atoms. The molecule has 0 unspecified atom stereocenters. The lowest BCUT2D eigenvalue weighted by molar-refractivity contribution is 0.415. The van der Waals surface area contributed by atoms with E-state index in [4.69, 9.17) is 9.47 Å². The monoisotopic (exact) mass is 370 g/mol. The summed E-state index contributed by atoms with van der Waals surface area (Å²) in [6.45, 7) is 0. The number of rotatable bonds is 4. The Morgan fingerprint density at radius 3 is 2.50 bits per heavy atom. The zero-order valence-corrected chi connectivity index (χ0v) is 15.6. The first-order valence-electron chi connectivity index (χ1n) is 9.03. The first-order chi connectivity index (χ1) is 13.7. The lowest BCUT2D eigenvalue weighted by atomic mass is 10.0. The SMILES string of the molecule is COc1ccc2c(c1)c1cc(OC)cc3c(=O)c(Cc4cccnc4)cn2c31. The number of hydrogen-bond acceptors (Lipinski definition) is 4. The van der Waals surface area contributed by atoms with Crippen LogP contribution >= 0.6 is 0 Å². The normalized spacial score (nSPS) is 11.5. The van der Waals surface area contributed by atoms with Crippen LogP contribution in [0.4, 0.5) is 0 Å². The number of nitrogens with zero attached hydrogens (tertiary/aromatic N) is 2. The number of methoxy groups -OCH3 is 2. The molecule has 0 N–H and O–H groups in total. The average Bonchev–Trinajstić information content (AvgIpc) is 3.05. The molecular formula is C23H18N2O3. The molecule has 2 aromatic carbocycles. The van der Waals surface area contributed by atoms with Crippen molar-refractivity contribution in [2.45, 2.75) is 6.42 Å². The molecule has 0 radical (unpaired) electrons. The molecule has 0 bridgehead atoms. The topological polar surface area (TPSA) is 52.8 Å². The fourth-order valence-electron chi connectivity index (χ4n) is 3.92. The standard InChI is InChI=1S/C23H18N2O3/c1-27-16-5-6-21-18(9-16)19-10-17(28-2)11-20-22(19)25(21)13-15(23(20)26)8-14-4-3-7-24-12-14/h3-7,9-13H,8H2,1-2H3. The largest absolute Gasteiger partial charge is 0.497 e. The van der Waals surface area contributed by atoms with Gasteiger partial charge in [-0.2, -0.15) is 0 Å². The van der Waals surface area contributed by atoms with Crippen molar-refractivity contribution in [3.8, 4) is 11.5 Å². The molecule has 0 saturated carbocycles. The maximum atomic E-state index is 13.3. The molecule has 5 rings (SSSR count). The number of aromatic nitrogens is 2. The third kappa shape index (κ3) is 2.40. The van der Waals surface area contributed by atoms with Crippen LogP contribution in [0.1, 0.15) is 11.1 Å². The Morgan fingerprint density at radius 2 is 1.75 bits per heavy atom. The third-order valence-corrected chi connectivity index (χ3v) is 5.25. The maximum Gasteiger partial charge on any atom is 0.193 e. The number of pyridine rings is 2. The highest BCUT2D eigenvalue weighted by molar-refractivity contribution is 6.14. The lowest BCUT2D eigenvalue weighted by Crippen LogP contribution is -2.12. The zero-order valence-electron chi connectivity index (χ0n) is 15.6. The molecule has 5 aromatic rings. The van der Waals surface area contributed by atoms with E-state index in [1.165, 1.54) is 0 Å². The predicted molar refractivity (Wildman–Crippen MR) is 110 cm³/mol. The molecule has 0 amide bonds. The summed E-state index contributed by atoms with van der Waals surface area (Å²) in [7, 11) is 3.27. The Morgan fingerprint density at radius 1 is 0.964 bits per heavy atom. The van der Waals surface area contributed by atoms with Crippen LogP contribution in [0.3, 0.4) is 0 Å². The van der Waals surface area contributed by atoms with Crippen LogP contribution in [0.25, 0.3) is 27.2 Å². The molecule has 0 aliphatic heterocycles. The van der Waals surface area contributed by atoms with Crippen molar-refractivity contribution in [3.05, 3.63) is 82.4 Å². The van der Waals surface area contributed by atoms with E-state index >= 15 is 0 Å². The van der Waals surface area contributed by atoms with Crippen molar-refractivity contribution < 1.29 is 9.47 Å². The number of hydrogen-bond donors (Lipinski definition) is 0. The second-order valence-corrected chi connectivity index (χ2v) is 6.85. The van der Waals surface area contributed by atoms with Gasteiger partial charge >= 0.3 is 0 Å². The summed E-state index contributed by atoms with van der Waals surface area (Å²) >= 11 is 0. The van der Waals surface area contributed by atoms with E-state index in [2.05, 4.69) is 9.38 Å². The molecule has 0 atom stereocenters. The number of benzene rings is 2. The Kier molecular flexibility index (Phi) is 3.69. The van der Waals surface area contributed by atoms with Crippen molar-refractivity contribution >= 4 is 27.2 Å². The van der Waals surface area contributed by atoms with Crippen molar-refractivity contribution in [1.29, 1.82) is 0 Å². The van der Waals surface area contributed by atoms with Gasteiger partial charge in [-0.15, -0.1) is 0 Å². The highest BCUT2D eigenvalue weighted by Gasteiger charge is 2.18. The summed E-state index contributed by atoms with van der Waals surface area (Å²) in [6, 6.07) is 13.6. The fraction of sp³-hybridized carbons (Fsp3) is 0.130. The van der Waals surface area contributed by atoms with E-state index in [1.807, 2.05) is 48.7 Å². The molecule has 0 saturated heterocycles. The molecule has 5 heteroatoms. The Bertz CT molecular complexity index is 1370. The minimum atomic E-state index is 0.0232. The van der Waals surface area contributed by atoms with Crippen molar-refractivity contribution in [2.24, 2.45) is 0 Å². The summed E-state index contributed by atoms with van der Waals surface area (Å²) in [5, 5.41) is 2.67. The summed E-state index contributed by atoms with van der Waals surface area (Å²) in [5.41, 5.74) is 3.69. The summed E-state index contributed by atoms with van der Waals surface area (Å²) in [4.78, 5) is 17.5. The molecular weight excluding hydrogens is 352 g/mol. The molecule has 138 valence electrons. The fourth-order valence-corrected chi connectivity index (χ4v) is 3.92. The summed E-state index contributed by atoms with van der Waals surface area (Å²) in [5.74, 6) is 1.45.